The normalized spacial score (nSPS) is 10.7. The highest BCUT2D eigenvalue weighted by Gasteiger charge is 2.15. The molecular weight excluding hydrogens is 228 g/mol. The van der Waals surface area contributed by atoms with E-state index >= 15 is 0 Å². The SMILES string of the molecule is Cc1ncoc1-c1nc2cc(C#N)ccc2n1C. The topological polar surface area (TPSA) is 67.6 Å². The van der Waals surface area contributed by atoms with Crippen LogP contribution in [0, 0.1) is 18.3 Å². The zero-order valence-corrected chi connectivity index (χ0v) is 10.0. The molecule has 3 aromatic rings. The lowest BCUT2D eigenvalue weighted by atomic mass is 10.2. The van der Waals surface area contributed by atoms with Gasteiger partial charge >= 0.3 is 0 Å². The van der Waals surface area contributed by atoms with E-state index in [4.69, 9.17) is 9.68 Å². The third kappa shape index (κ3) is 1.39. The van der Waals surface area contributed by atoms with E-state index in [1.165, 1.54) is 6.39 Å². The molecular formula is C13H10N4O. The summed E-state index contributed by atoms with van der Waals surface area (Å²) in [6, 6.07) is 7.54. The van der Waals surface area contributed by atoms with Crippen LogP contribution in [0.5, 0.6) is 0 Å². The summed E-state index contributed by atoms with van der Waals surface area (Å²) in [6.07, 6.45) is 1.41. The lowest BCUT2D eigenvalue weighted by Gasteiger charge is -1.99. The third-order valence-electron chi connectivity index (χ3n) is 2.96. The van der Waals surface area contributed by atoms with Gasteiger partial charge in [-0.3, -0.25) is 0 Å². The van der Waals surface area contributed by atoms with Crippen molar-refractivity contribution in [2.45, 2.75) is 6.92 Å². The van der Waals surface area contributed by atoms with Crippen LogP contribution in [0.4, 0.5) is 0 Å². The van der Waals surface area contributed by atoms with Crippen LogP contribution in [0.15, 0.2) is 29.0 Å². The maximum atomic E-state index is 8.89. The fraction of sp³-hybridized carbons (Fsp3) is 0.154. The first-order valence-electron chi connectivity index (χ1n) is 5.47. The molecule has 0 bridgehead atoms. The highest BCUT2D eigenvalue weighted by molar-refractivity contribution is 5.81. The molecule has 1 aromatic carbocycles. The molecule has 0 aliphatic carbocycles. The van der Waals surface area contributed by atoms with Crippen molar-refractivity contribution in [1.29, 1.82) is 5.26 Å². The molecule has 5 nitrogen and oxygen atoms in total. The minimum absolute atomic E-state index is 0.599. The Hall–Kier alpha value is -2.61. The molecule has 0 saturated carbocycles. The van der Waals surface area contributed by atoms with Crippen molar-refractivity contribution in [2.24, 2.45) is 7.05 Å². The molecule has 0 saturated heterocycles. The molecule has 0 spiro atoms. The van der Waals surface area contributed by atoms with Crippen molar-refractivity contribution in [2.75, 3.05) is 0 Å². The molecule has 3 rings (SSSR count). The van der Waals surface area contributed by atoms with Crippen molar-refractivity contribution < 1.29 is 4.42 Å². The van der Waals surface area contributed by atoms with Crippen molar-refractivity contribution in [1.82, 2.24) is 14.5 Å². The second-order valence-electron chi connectivity index (χ2n) is 4.08. The van der Waals surface area contributed by atoms with Crippen molar-refractivity contribution in [3.05, 3.63) is 35.9 Å². The van der Waals surface area contributed by atoms with Gasteiger partial charge in [0.2, 0.25) is 0 Å². The van der Waals surface area contributed by atoms with Crippen LogP contribution < -0.4 is 0 Å². The summed E-state index contributed by atoms with van der Waals surface area (Å²) in [7, 11) is 1.92. The number of imidazole rings is 1. The zero-order chi connectivity index (χ0) is 12.7. The van der Waals surface area contributed by atoms with Gasteiger partial charge in [-0.25, -0.2) is 9.97 Å². The molecule has 0 fully saturated rings. The Morgan fingerprint density at radius 2 is 2.22 bits per heavy atom. The van der Waals surface area contributed by atoms with Crippen LogP contribution in [-0.4, -0.2) is 14.5 Å². The van der Waals surface area contributed by atoms with Crippen LogP contribution >= 0.6 is 0 Å². The predicted molar refractivity (Wildman–Crippen MR) is 65.7 cm³/mol. The molecule has 88 valence electrons. The molecule has 0 atom stereocenters. The van der Waals surface area contributed by atoms with Gasteiger partial charge in [-0.05, 0) is 25.1 Å². The number of nitriles is 1. The van der Waals surface area contributed by atoms with Crippen molar-refractivity contribution >= 4 is 11.0 Å². The van der Waals surface area contributed by atoms with Crippen molar-refractivity contribution in [3.8, 4) is 17.7 Å². The maximum Gasteiger partial charge on any atom is 0.192 e. The number of rotatable bonds is 1. The lowest BCUT2D eigenvalue weighted by molar-refractivity contribution is 0.564. The second-order valence-corrected chi connectivity index (χ2v) is 4.08. The minimum Gasteiger partial charge on any atom is -0.440 e. The average Bonchev–Trinajstić information content (AvgIpc) is 2.93. The third-order valence-corrected chi connectivity index (χ3v) is 2.96. The molecule has 2 heterocycles. The number of aryl methyl sites for hydroxylation is 2. The second kappa shape index (κ2) is 3.70. The quantitative estimate of drug-likeness (QED) is 0.652. The minimum atomic E-state index is 0.599. The summed E-state index contributed by atoms with van der Waals surface area (Å²) in [4.78, 5) is 8.57. The van der Waals surface area contributed by atoms with Gasteiger partial charge < -0.3 is 8.98 Å². The monoisotopic (exact) mass is 238 g/mol. The number of nitrogens with zero attached hydrogens (tertiary/aromatic N) is 4. The summed E-state index contributed by atoms with van der Waals surface area (Å²) in [6.45, 7) is 1.87. The Kier molecular flexibility index (Phi) is 2.17. The zero-order valence-electron chi connectivity index (χ0n) is 10.0. The standard InChI is InChI=1S/C13H10N4O/c1-8-12(18-7-15-8)13-16-10-5-9(6-14)3-4-11(10)17(13)2/h3-5,7H,1-2H3. The van der Waals surface area contributed by atoms with Crippen LogP contribution in [0.25, 0.3) is 22.6 Å². The van der Waals surface area contributed by atoms with E-state index in [-0.39, 0.29) is 0 Å². The molecule has 2 aromatic heterocycles. The van der Waals surface area contributed by atoms with Crippen LogP contribution in [-0.2, 0) is 7.05 Å². The Morgan fingerprint density at radius 3 is 2.89 bits per heavy atom. The summed E-state index contributed by atoms with van der Waals surface area (Å²) >= 11 is 0. The summed E-state index contributed by atoms with van der Waals surface area (Å²) in [5.41, 5.74) is 3.14. The van der Waals surface area contributed by atoms with Gasteiger partial charge in [-0.1, -0.05) is 0 Å². The molecule has 0 radical (unpaired) electrons. The molecule has 0 amide bonds. The predicted octanol–water partition coefficient (Wildman–Crippen LogP) is 2.41. The molecule has 0 aliphatic rings. The highest BCUT2D eigenvalue weighted by atomic mass is 16.3. The number of oxazole rings is 1. The average molecular weight is 238 g/mol. The molecule has 0 aliphatic heterocycles. The van der Waals surface area contributed by atoms with E-state index in [1.807, 2.05) is 24.6 Å². The Balaban J connectivity index is 2.30. The first-order chi connectivity index (χ1) is 8.70. The van der Waals surface area contributed by atoms with E-state index < -0.39 is 0 Å². The van der Waals surface area contributed by atoms with E-state index in [2.05, 4.69) is 16.0 Å². The fourth-order valence-electron chi connectivity index (χ4n) is 1.99. The highest BCUT2D eigenvalue weighted by Crippen LogP contribution is 2.26. The van der Waals surface area contributed by atoms with E-state index in [0.717, 1.165) is 22.6 Å². The van der Waals surface area contributed by atoms with Crippen LogP contribution in [0.3, 0.4) is 0 Å². The van der Waals surface area contributed by atoms with Gasteiger partial charge in [0, 0.05) is 7.05 Å². The number of aromatic nitrogens is 3. The Labute approximate surface area is 103 Å². The van der Waals surface area contributed by atoms with Gasteiger partial charge in [0.15, 0.2) is 18.0 Å². The Morgan fingerprint density at radius 1 is 1.39 bits per heavy atom. The number of fused-ring (bicyclic) bond motifs is 1. The Bertz CT molecular complexity index is 776. The largest absolute Gasteiger partial charge is 0.440 e. The number of hydrogen-bond donors (Lipinski definition) is 0. The van der Waals surface area contributed by atoms with Gasteiger partial charge in [-0.2, -0.15) is 5.26 Å². The molecule has 0 unspecified atom stereocenters. The van der Waals surface area contributed by atoms with Gasteiger partial charge in [-0.15, -0.1) is 0 Å². The van der Waals surface area contributed by atoms with Crippen LogP contribution in [0.2, 0.25) is 0 Å². The summed E-state index contributed by atoms with van der Waals surface area (Å²) in [5, 5.41) is 8.89. The van der Waals surface area contributed by atoms with Crippen LogP contribution in [0.1, 0.15) is 11.3 Å². The summed E-state index contributed by atoms with van der Waals surface area (Å²) in [5.74, 6) is 1.38. The number of hydrogen-bond acceptors (Lipinski definition) is 4. The molecule has 5 heteroatoms. The van der Waals surface area contributed by atoms with Gasteiger partial charge in [0.25, 0.3) is 0 Å². The van der Waals surface area contributed by atoms with E-state index in [9.17, 15) is 0 Å². The summed E-state index contributed by atoms with van der Waals surface area (Å²) < 4.78 is 7.29. The first kappa shape index (κ1) is 10.5. The molecule has 18 heavy (non-hydrogen) atoms. The van der Waals surface area contributed by atoms with E-state index in [1.54, 1.807) is 12.1 Å². The maximum absolute atomic E-state index is 8.89. The van der Waals surface area contributed by atoms with E-state index in [0.29, 0.717) is 11.3 Å². The number of benzene rings is 1. The van der Waals surface area contributed by atoms with Gasteiger partial charge in [0.05, 0.1) is 28.4 Å². The smallest absolute Gasteiger partial charge is 0.192 e. The van der Waals surface area contributed by atoms with Crippen molar-refractivity contribution in [3.63, 3.8) is 0 Å². The van der Waals surface area contributed by atoms with Gasteiger partial charge in [0.1, 0.15) is 0 Å². The molecule has 0 N–H and O–H groups in total. The first-order valence-corrected chi connectivity index (χ1v) is 5.47. The lowest BCUT2D eigenvalue weighted by Crippen LogP contribution is -1.92. The fourth-order valence-corrected chi connectivity index (χ4v) is 1.99.